The monoisotopic (exact) mass is 254 g/mol. The van der Waals surface area contributed by atoms with E-state index in [-0.39, 0.29) is 11.5 Å². The van der Waals surface area contributed by atoms with Crippen molar-refractivity contribution in [2.45, 2.75) is 45.6 Å². The fourth-order valence-electron chi connectivity index (χ4n) is 3.11. The number of hydrogen-bond acceptors (Lipinski definition) is 3. The van der Waals surface area contributed by atoms with Crippen LogP contribution in [-0.4, -0.2) is 49.7 Å². The van der Waals surface area contributed by atoms with Crippen LogP contribution >= 0.6 is 0 Å². The van der Waals surface area contributed by atoms with E-state index in [9.17, 15) is 4.79 Å². The molecule has 2 atom stereocenters. The summed E-state index contributed by atoms with van der Waals surface area (Å²) in [6.45, 7) is 8.41. The zero-order valence-corrected chi connectivity index (χ0v) is 11.7. The number of hydrogen-bond donors (Lipinski definition) is 1. The van der Waals surface area contributed by atoms with Gasteiger partial charge in [-0.15, -0.1) is 0 Å². The first kappa shape index (κ1) is 13.8. The number of piperidine rings is 2. The molecule has 18 heavy (non-hydrogen) atoms. The van der Waals surface area contributed by atoms with Gasteiger partial charge in [-0.25, -0.2) is 0 Å². The molecule has 2 aliphatic heterocycles. The molecule has 4 nitrogen and oxygen atoms in total. The topological polar surface area (TPSA) is 41.6 Å². The molecule has 0 saturated carbocycles. The van der Waals surface area contributed by atoms with Crippen LogP contribution in [0.4, 0.5) is 0 Å². The molecule has 0 bridgehead atoms. The minimum atomic E-state index is -0.202. The number of nitrogens with zero attached hydrogens (tertiary/aromatic N) is 1. The van der Waals surface area contributed by atoms with Crippen LogP contribution in [0.5, 0.6) is 0 Å². The number of rotatable bonds is 3. The van der Waals surface area contributed by atoms with Crippen molar-refractivity contribution in [3.8, 4) is 0 Å². The SMILES string of the molecule is CCOC1CCCN(C(=O)C2(C)CCCNC2)C1. The molecule has 2 aliphatic rings. The van der Waals surface area contributed by atoms with E-state index in [0.29, 0.717) is 5.91 Å². The van der Waals surface area contributed by atoms with Gasteiger partial charge in [0.1, 0.15) is 0 Å². The molecule has 2 rings (SSSR count). The maximum atomic E-state index is 12.7. The van der Waals surface area contributed by atoms with Gasteiger partial charge in [-0.3, -0.25) is 4.79 Å². The summed E-state index contributed by atoms with van der Waals surface area (Å²) in [5, 5.41) is 3.35. The standard InChI is InChI=1S/C14H26N2O2/c1-3-18-12-6-4-9-16(10-12)13(17)14(2)7-5-8-15-11-14/h12,15H,3-11H2,1-2H3. The average Bonchev–Trinajstić information content (AvgIpc) is 2.39. The van der Waals surface area contributed by atoms with E-state index in [2.05, 4.69) is 12.2 Å². The summed E-state index contributed by atoms with van der Waals surface area (Å²) in [4.78, 5) is 14.7. The summed E-state index contributed by atoms with van der Waals surface area (Å²) in [6.07, 6.45) is 4.51. The first-order valence-electron chi connectivity index (χ1n) is 7.27. The molecule has 0 aromatic carbocycles. The minimum Gasteiger partial charge on any atom is -0.377 e. The van der Waals surface area contributed by atoms with Gasteiger partial charge in [-0.05, 0) is 46.1 Å². The first-order valence-corrected chi connectivity index (χ1v) is 7.27. The van der Waals surface area contributed by atoms with E-state index in [1.165, 1.54) is 0 Å². The molecule has 2 fully saturated rings. The van der Waals surface area contributed by atoms with Crippen LogP contribution in [0.1, 0.15) is 39.5 Å². The number of nitrogens with one attached hydrogen (secondary N) is 1. The van der Waals surface area contributed by atoms with Crippen LogP contribution in [0.15, 0.2) is 0 Å². The van der Waals surface area contributed by atoms with Crippen LogP contribution < -0.4 is 5.32 Å². The third kappa shape index (κ3) is 3.04. The van der Waals surface area contributed by atoms with Crippen molar-refractivity contribution < 1.29 is 9.53 Å². The Morgan fingerprint density at radius 1 is 1.50 bits per heavy atom. The molecular weight excluding hydrogens is 228 g/mol. The van der Waals surface area contributed by atoms with Crippen LogP contribution in [0.25, 0.3) is 0 Å². The molecule has 2 heterocycles. The molecule has 104 valence electrons. The van der Waals surface area contributed by atoms with Gasteiger partial charge in [0, 0.05) is 26.2 Å². The Hall–Kier alpha value is -0.610. The van der Waals surface area contributed by atoms with Gasteiger partial charge in [0.25, 0.3) is 0 Å². The molecule has 0 aromatic rings. The molecule has 2 unspecified atom stereocenters. The molecule has 0 aliphatic carbocycles. The molecule has 4 heteroatoms. The Balaban J connectivity index is 1.95. The molecule has 0 aromatic heterocycles. The molecule has 0 spiro atoms. The summed E-state index contributed by atoms with van der Waals surface area (Å²) in [5.41, 5.74) is -0.202. The van der Waals surface area contributed by atoms with E-state index in [4.69, 9.17) is 4.74 Å². The summed E-state index contributed by atoms with van der Waals surface area (Å²) >= 11 is 0. The van der Waals surface area contributed by atoms with Crippen LogP contribution in [0, 0.1) is 5.41 Å². The predicted octanol–water partition coefficient (Wildman–Crippen LogP) is 1.40. The smallest absolute Gasteiger partial charge is 0.229 e. The Bertz CT molecular complexity index is 286. The van der Waals surface area contributed by atoms with Crippen molar-refractivity contribution in [3.05, 3.63) is 0 Å². The number of carbonyl (C=O) groups excluding carboxylic acids is 1. The number of carbonyl (C=O) groups is 1. The summed E-state index contributed by atoms with van der Waals surface area (Å²) in [6, 6.07) is 0. The lowest BCUT2D eigenvalue weighted by molar-refractivity contribution is -0.146. The Labute approximate surface area is 110 Å². The second-order valence-corrected chi connectivity index (χ2v) is 5.81. The largest absolute Gasteiger partial charge is 0.377 e. The maximum absolute atomic E-state index is 12.7. The van der Waals surface area contributed by atoms with E-state index >= 15 is 0 Å². The van der Waals surface area contributed by atoms with Gasteiger partial charge in [0.2, 0.25) is 5.91 Å². The Morgan fingerprint density at radius 3 is 3.00 bits per heavy atom. The van der Waals surface area contributed by atoms with Crippen LogP contribution in [0.3, 0.4) is 0 Å². The van der Waals surface area contributed by atoms with Crippen molar-refractivity contribution in [1.82, 2.24) is 10.2 Å². The highest BCUT2D eigenvalue weighted by molar-refractivity contribution is 5.82. The highest BCUT2D eigenvalue weighted by Gasteiger charge is 2.39. The molecule has 0 radical (unpaired) electrons. The third-order valence-electron chi connectivity index (χ3n) is 4.18. The molecule has 1 amide bonds. The first-order chi connectivity index (χ1) is 8.65. The van der Waals surface area contributed by atoms with Gasteiger partial charge in [0.05, 0.1) is 11.5 Å². The lowest BCUT2D eigenvalue weighted by Gasteiger charge is -2.40. The number of ether oxygens (including phenoxy) is 1. The molecular formula is C14H26N2O2. The van der Waals surface area contributed by atoms with E-state index < -0.39 is 0 Å². The summed E-state index contributed by atoms with van der Waals surface area (Å²) in [5.74, 6) is 0.319. The second-order valence-electron chi connectivity index (χ2n) is 5.81. The van der Waals surface area contributed by atoms with Crippen LogP contribution in [0.2, 0.25) is 0 Å². The Morgan fingerprint density at radius 2 is 2.33 bits per heavy atom. The zero-order chi connectivity index (χ0) is 13.0. The number of amides is 1. The fraction of sp³-hybridized carbons (Fsp3) is 0.929. The summed E-state index contributed by atoms with van der Waals surface area (Å²) in [7, 11) is 0. The third-order valence-corrected chi connectivity index (χ3v) is 4.18. The van der Waals surface area contributed by atoms with Crippen molar-refractivity contribution in [1.29, 1.82) is 0 Å². The summed E-state index contributed by atoms with van der Waals surface area (Å²) < 4.78 is 5.67. The van der Waals surface area contributed by atoms with Gasteiger partial charge in [-0.2, -0.15) is 0 Å². The average molecular weight is 254 g/mol. The predicted molar refractivity (Wildman–Crippen MR) is 71.4 cm³/mol. The van der Waals surface area contributed by atoms with Crippen molar-refractivity contribution >= 4 is 5.91 Å². The highest BCUT2D eigenvalue weighted by atomic mass is 16.5. The normalized spacial score (nSPS) is 33.4. The lowest BCUT2D eigenvalue weighted by Crippen LogP contribution is -2.53. The minimum absolute atomic E-state index is 0.202. The quantitative estimate of drug-likeness (QED) is 0.828. The maximum Gasteiger partial charge on any atom is 0.229 e. The fourth-order valence-corrected chi connectivity index (χ4v) is 3.11. The molecule has 1 N–H and O–H groups in total. The van der Waals surface area contributed by atoms with Gasteiger partial charge < -0.3 is 15.0 Å². The Kier molecular flexibility index (Phi) is 4.62. The number of likely N-dealkylation sites (tertiary alicyclic amines) is 1. The zero-order valence-electron chi connectivity index (χ0n) is 11.7. The van der Waals surface area contributed by atoms with Crippen LogP contribution in [-0.2, 0) is 9.53 Å². The van der Waals surface area contributed by atoms with Crippen molar-refractivity contribution in [2.75, 3.05) is 32.8 Å². The highest BCUT2D eigenvalue weighted by Crippen LogP contribution is 2.29. The van der Waals surface area contributed by atoms with Gasteiger partial charge in [0.15, 0.2) is 0 Å². The van der Waals surface area contributed by atoms with Gasteiger partial charge >= 0.3 is 0 Å². The van der Waals surface area contributed by atoms with E-state index in [0.717, 1.165) is 58.5 Å². The second kappa shape index (κ2) is 6.02. The molecule has 2 saturated heterocycles. The van der Waals surface area contributed by atoms with E-state index in [1.807, 2.05) is 11.8 Å². The van der Waals surface area contributed by atoms with E-state index in [1.54, 1.807) is 0 Å². The van der Waals surface area contributed by atoms with Gasteiger partial charge in [-0.1, -0.05) is 0 Å². The van der Waals surface area contributed by atoms with Crippen molar-refractivity contribution in [3.63, 3.8) is 0 Å². The lowest BCUT2D eigenvalue weighted by atomic mass is 9.81. The van der Waals surface area contributed by atoms with Crippen molar-refractivity contribution in [2.24, 2.45) is 5.41 Å².